The van der Waals surface area contributed by atoms with Gasteiger partial charge < -0.3 is 0 Å². The fraction of sp³-hybridized carbons (Fsp3) is 0.417. The first kappa shape index (κ1) is 14.0. The van der Waals surface area contributed by atoms with E-state index < -0.39 is 5.91 Å². The average molecular weight is 299 g/mol. The molecule has 4 nitrogen and oxygen atoms in total. The highest BCUT2D eigenvalue weighted by molar-refractivity contribution is 9.11. The summed E-state index contributed by atoms with van der Waals surface area (Å²) in [5.41, 5.74) is 0.273. The van der Waals surface area contributed by atoms with E-state index in [9.17, 15) is 9.70 Å². The molecule has 1 rings (SSSR count). The average Bonchev–Trinajstić information content (AvgIpc) is 2.85. The molecule has 0 aromatic heterocycles. The van der Waals surface area contributed by atoms with E-state index in [2.05, 4.69) is 26.0 Å². The minimum atomic E-state index is -0.758. The lowest BCUT2D eigenvalue weighted by Gasteiger charge is -2.09. The molecule has 0 aliphatic carbocycles. The maximum Gasteiger partial charge on any atom is 0.316 e. The van der Waals surface area contributed by atoms with Crippen molar-refractivity contribution < 1.29 is 4.79 Å². The number of hydrogen-bond acceptors (Lipinski definition) is 3. The predicted molar refractivity (Wildman–Crippen MR) is 71.8 cm³/mol. The van der Waals surface area contributed by atoms with Gasteiger partial charge in [0.05, 0.1) is 0 Å². The van der Waals surface area contributed by atoms with Gasteiger partial charge in [0, 0.05) is 17.3 Å². The van der Waals surface area contributed by atoms with Gasteiger partial charge in [-0.25, -0.2) is 0 Å². The summed E-state index contributed by atoms with van der Waals surface area (Å²) in [6, 6.07) is 0. The maximum atomic E-state index is 11.1. The quantitative estimate of drug-likeness (QED) is 0.445. The van der Waals surface area contributed by atoms with E-state index in [-0.39, 0.29) is 5.57 Å². The van der Waals surface area contributed by atoms with Crippen molar-refractivity contribution in [3.8, 4) is 0 Å². The molecule has 0 bridgehead atoms. The summed E-state index contributed by atoms with van der Waals surface area (Å²) in [7, 11) is 0. The Balaban J connectivity index is 2.49. The van der Waals surface area contributed by atoms with Crippen LogP contribution in [0.4, 0.5) is 0 Å². The zero-order valence-electron chi connectivity index (χ0n) is 9.51. The number of carbonyl (C=O) groups excluding carboxylic acids is 1. The lowest BCUT2D eigenvalue weighted by Crippen LogP contribution is -2.18. The van der Waals surface area contributed by atoms with E-state index in [0.29, 0.717) is 0 Å². The molecule has 0 unspecified atom stereocenters. The number of likely N-dealkylation sites (tertiary alicyclic amines) is 1. The van der Waals surface area contributed by atoms with E-state index in [1.54, 1.807) is 12.2 Å². The number of allylic oxidation sites excluding steroid dienone is 2. The Labute approximate surface area is 109 Å². The van der Waals surface area contributed by atoms with E-state index in [0.717, 1.165) is 19.6 Å². The van der Waals surface area contributed by atoms with Crippen molar-refractivity contribution in [3.63, 3.8) is 0 Å². The van der Waals surface area contributed by atoms with Crippen LogP contribution in [0.2, 0.25) is 0 Å². The van der Waals surface area contributed by atoms with Crippen molar-refractivity contribution in [3.05, 3.63) is 39.8 Å². The van der Waals surface area contributed by atoms with E-state index in [1.165, 1.54) is 23.9 Å². The molecule has 1 fully saturated rings. The number of carbonyl (C=O) groups is 1. The molecule has 0 radical (unpaired) electrons. The lowest BCUT2D eigenvalue weighted by molar-refractivity contribution is -0.114. The van der Waals surface area contributed by atoms with Gasteiger partial charge in [0.2, 0.25) is 0 Å². The van der Waals surface area contributed by atoms with Crippen LogP contribution in [-0.2, 0) is 4.79 Å². The third-order valence-electron chi connectivity index (χ3n) is 2.55. The second-order valence-corrected chi connectivity index (χ2v) is 4.28. The summed E-state index contributed by atoms with van der Waals surface area (Å²) in [5, 5.41) is 2.39. The Bertz CT molecular complexity index is 356. The van der Waals surface area contributed by atoms with Gasteiger partial charge in [-0.3, -0.25) is 9.69 Å². The highest BCUT2D eigenvalue weighted by Crippen LogP contribution is 2.07. The van der Waals surface area contributed by atoms with E-state index in [1.807, 2.05) is 6.08 Å². The lowest BCUT2D eigenvalue weighted by atomic mass is 10.2. The number of amides is 1. The normalized spacial score (nSPS) is 18.3. The second-order valence-electron chi connectivity index (χ2n) is 3.75. The highest BCUT2D eigenvalue weighted by Gasteiger charge is 2.08. The zero-order valence-corrected chi connectivity index (χ0v) is 11.1. The van der Waals surface area contributed by atoms with Crippen LogP contribution in [0, 0.1) is 4.91 Å². The van der Waals surface area contributed by atoms with E-state index in [4.69, 9.17) is 0 Å². The van der Waals surface area contributed by atoms with Crippen molar-refractivity contribution in [1.82, 2.24) is 4.90 Å². The zero-order chi connectivity index (χ0) is 12.5. The highest BCUT2D eigenvalue weighted by atomic mass is 79.9. The molecule has 0 aromatic rings. The molecule has 0 spiro atoms. The van der Waals surface area contributed by atoms with Gasteiger partial charge in [0.25, 0.3) is 0 Å². The Morgan fingerprint density at radius 2 is 2.06 bits per heavy atom. The molecule has 1 amide bonds. The fourth-order valence-corrected chi connectivity index (χ4v) is 1.95. The topological polar surface area (TPSA) is 49.7 Å². The number of hydrogen-bond donors (Lipinski definition) is 0. The van der Waals surface area contributed by atoms with Crippen molar-refractivity contribution >= 4 is 21.8 Å². The molecule has 92 valence electrons. The van der Waals surface area contributed by atoms with Crippen LogP contribution >= 0.6 is 15.9 Å². The van der Waals surface area contributed by atoms with Crippen molar-refractivity contribution in [1.29, 1.82) is 0 Å². The standard InChI is InChI=1S/C12H15BrN2O2/c13-7-6-11(12(16)14-17)5-1-2-8-15-9-3-4-10-15/h1-2,5-7H,3-4,8-10H2/b2-1+,7-6+,11-5+. The largest absolute Gasteiger partial charge is 0.316 e. The van der Waals surface area contributed by atoms with Crippen LogP contribution in [0.3, 0.4) is 0 Å². The van der Waals surface area contributed by atoms with Gasteiger partial charge >= 0.3 is 5.91 Å². The molecular formula is C12H15BrN2O2. The molecule has 1 saturated heterocycles. The number of nitroso groups, excluding NO2 is 1. The molecular weight excluding hydrogens is 284 g/mol. The Kier molecular flexibility index (Phi) is 6.65. The number of halogens is 1. The van der Waals surface area contributed by atoms with Gasteiger partial charge in [0.15, 0.2) is 0 Å². The number of nitrogens with zero attached hydrogens (tertiary/aromatic N) is 2. The molecule has 17 heavy (non-hydrogen) atoms. The molecule has 1 aliphatic rings. The van der Waals surface area contributed by atoms with Crippen LogP contribution in [0.5, 0.6) is 0 Å². The first-order valence-corrected chi connectivity index (χ1v) is 6.43. The van der Waals surface area contributed by atoms with Gasteiger partial charge in [-0.05, 0) is 43.1 Å². The monoisotopic (exact) mass is 298 g/mol. The summed E-state index contributed by atoms with van der Waals surface area (Å²) in [6.45, 7) is 3.15. The maximum absolute atomic E-state index is 11.1. The summed E-state index contributed by atoms with van der Waals surface area (Å²) in [5.74, 6) is -0.758. The van der Waals surface area contributed by atoms with E-state index >= 15 is 0 Å². The molecule has 0 saturated carbocycles. The van der Waals surface area contributed by atoms with Crippen molar-refractivity contribution in [2.24, 2.45) is 5.18 Å². The third kappa shape index (κ3) is 5.19. The molecule has 0 atom stereocenters. The Hall–Kier alpha value is -1.07. The van der Waals surface area contributed by atoms with Gasteiger partial charge in [-0.2, -0.15) is 0 Å². The summed E-state index contributed by atoms with van der Waals surface area (Å²) in [4.78, 5) is 25.1. The molecule has 1 aliphatic heterocycles. The minimum absolute atomic E-state index is 0.273. The minimum Gasteiger partial charge on any atom is -0.300 e. The molecule has 5 heteroatoms. The SMILES string of the molecule is O=NC(=O)C(/C=C/Br)=C/C=C/CN1CCCC1. The van der Waals surface area contributed by atoms with Crippen molar-refractivity contribution in [2.75, 3.05) is 19.6 Å². The van der Waals surface area contributed by atoms with Crippen molar-refractivity contribution in [2.45, 2.75) is 12.8 Å². The summed E-state index contributed by atoms with van der Waals surface area (Å²) in [6.07, 6.45) is 9.38. The van der Waals surface area contributed by atoms with Crippen LogP contribution in [-0.4, -0.2) is 30.4 Å². The molecule has 0 aromatic carbocycles. The first-order chi connectivity index (χ1) is 8.27. The summed E-state index contributed by atoms with van der Waals surface area (Å²) < 4.78 is 0. The third-order valence-corrected chi connectivity index (χ3v) is 2.81. The van der Waals surface area contributed by atoms with Gasteiger partial charge in [-0.15, -0.1) is 4.91 Å². The van der Waals surface area contributed by atoms with Crippen LogP contribution in [0.25, 0.3) is 0 Å². The van der Waals surface area contributed by atoms with Crippen LogP contribution < -0.4 is 0 Å². The predicted octanol–water partition coefficient (Wildman–Crippen LogP) is 2.77. The second kappa shape index (κ2) is 8.08. The van der Waals surface area contributed by atoms with Gasteiger partial charge in [0.1, 0.15) is 0 Å². The summed E-state index contributed by atoms with van der Waals surface area (Å²) >= 11 is 3.06. The van der Waals surface area contributed by atoms with Gasteiger partial charge in [-0.1, -0.05) is 28.1 Å². The van der Waals surface area contributed by atoms with Crippen LogP contribution in [0.1, 0.15) is 12.8 Å². The van der Waals surface area contributed by atoms with Crippen LogP contribution in [0.15, 0.2) is 40.0 Å². The molecule has 0 N–H and O–H groups in total. The Morgan fingerprint density at radius 3 is 2.65 bits per heavy atom. The smallest absolute Gasteiger partial charge is 0.300 e. The number of rotatable bonds is 5. The fourth-order valence-electron chi connectivity index (χ4n) is 1.67. The Morgan fingerprint density at radius 1 is 1.35 bits per heavy atom. The first-order valence-electron chi connectivity index (χ1n) is 5.51. The molecule has 1 heterocycles.